The Morgan fingerprint density at radius 3 is 2.48 bits per heavy atom. The number of aliphatic hydroxyl groups is 1. The maximum absolute atomic E-state index is 13.3. The molecule has 0 spiro atoms. The Morgan fingerprint density at radius 1 is 1.17 bits per heavy atom. The van der Waals surface area contributed by atoms with Gasteiger partial charge >= 0.3 is 0 Å². The highest BCUT2D eigenvalue weighted by Crippen LogP contribution is 2.24. The molecule has 0 heterocycles. The first-order chi connectivity index (χ1) is 11.0. The lowest BCUT2D eigenvalue weighted by molar-refractivity contribution is -0.128. The molecule has 6 heteroatoms. The van der Waals surface area contributed by atoms with E-state index in [0.29, 0.717) is 5.56 Å². The molecule has 0 aromatic heterocycles. The summed E-state index contributed by atoms with van der Waals surface area (Å²) in [5.74, 6) is -2.50. The van der Waals surface area contributed by atoms with E-state index in [1.165, 1.54) is 13.0 Å². The van der Waals surface area contributed by atoms with Crippen molar-refractivity contribution in [2.45, 2.75) is 19.1 Å². The minimum atomic E-state index is -1.06. The van der Waals surface area contributed by atoms with Crippen molar-refractivity contribution >= 4 is 5.91 Å². The number of carbonyl (C=O) groups excluding carboxylic acids is 1. The fourth-order valence-corrected chi connectivity index (χ4v) is 1.93. The minimum absolute atomic E-state index is 0.0324. The molecule has 2 rings (SSSR count). The lowest BCUT2D eigenvalue weighted by atomic mass is 10.1. The number of benzene rings is 2. The van der Waals surface area contributed by atoms with Crippen LogP contribution in [0.3, 0.4) is 0 Å². The zero-order chi connectivity index (χ0) is 16.8. The molecule has 0 radical (unpaired) electrons. The van der Waals surface area contributed by atoms with Crippen molar-refractivity contribution < 1.29 is 23.4 Å². The van der Waals surface area contributed by atoms with Crippen LogP contribution in [-0.2, 0) is 4.79 Å². The maximum atomic E-state index is 13.3. The van der Waals surface area contributed by atoms with Gasteiger partial charge in [0.15, 0.2) is 11.6 Å². The second-order valence-electron chi connectivity index (χ2n) is 5.08. The molecule has 122 valence electrons. The normalized spacial score (nSPS) is 13.2. The molecule has 2 atom stereocenters. The van der Waals surface area contributed by atoms with Crippen LogP contribution < -0.4 is 10.1 Å². The van der Waals surface area contributed by atoms with Gasteiger partial charge in [-0.05, 0) is 19.1 Å². The van der Waals surface area contributed by atoms with Crippen molar-refractivity contribution in [3.8, 4) is 5.75 Å². The van der Waals surface area contributed by atoms with Gasteiger partial charge < -0.3 is 15.2 Å². The molecule has 0 fully saturated rings. The summed E-state index contributed by atoms with van der Waals surface area (Å²) >= 11 is 0. The van der Waals surface area contributed by atoms with E-state index in [1.807, 2.05) is 0 Å². The third kappa shape index (κ3) is 4.75. The molecule has 2 N–H and O–H groups in total. The van der Waals surface area contributed by atoms with Crippen LogP contribution in [-0.4, -0.2) is 23.7 Å². The van der Waals surface area contributed by atoms with E-state index in [4.69, 9.17) is 4.74 Å². The van der Waals surface area contributed by atoms with Crippen LogP contribution in [0.1, 0.15) is 18.6 Å². The molecule has 4 nitrogen and oxygen atoms in total. The first-order valence-corrected chi connectivity index (χ1v) is 7.10. The van der Waals surface area contributed by atoms with Gasteiger partial charge in [0.2, 0.25) is 6.10 Å². The van der Waals surface area contributed by atoms with Gasteiger partial charge in [-0.25, -0.2) is 8.78 Å². The number of nitrogens with one attached hydrogen (secondary N) is 1. The average Bonchev–Trinajstić information content (AvgIpc) is 2.54. The zero-order valence-electron chi connectivity index (χ0n) is 12.5. The van der Waals surface area contributed by atoms with Gasteiger partial charge in [0, 0.05) is 18.2 Å². The molecule has 0 aliphatic rings. The Balaban J connectivity index is 2.22. The highest BCUT2D eigenvalue weighted by atomic mass is 19.2. The van der Waals surface area contributed by atoms with Gasteiger partial charge in [0.1, 0.15) is 5.75 Å². The van der Waals surface area contributed by atoms with Crippen LogP contribution >= 0.6 is 0 Å². The largest absolute Gasteiger partial charge is 0.476 e. The van der Waals surface area contributed by atoms with Crippen LogP contribution in [0.5, 0.6) is 5.75 Å². The highest BCUT2D eigenvalue weighted by Gasteiger charge is 2.23. The van der Waals surface area contributed by atoms with E-state index in [9.17, 15) is 18.7 Å². The number of amides is 1. The van der Waals surface area contributed by atoms with Gasteiger partial charge in [0.25, 0.3) is 5.91 Å². The number of ether oxygens (including phenoxy) is 1. The monoisotopic (exact) mass is 321 g/mol. The summed E-state index contributed by atoms with van der Waals surface area (Å²) in [4.78, 5) is 12.3. The van der Waals surface area contributed by atoms with Gasteiger partial charge in [-0.1, -0.05) is 30.3 Å². The molecule has 2 aromatic carbocycles. The highest BCUT2D eigenvalue weighted by molar-refractivity contribution is 5.82. The number of hydrogen-bond donors (Lipinski definition) is 2. The van der Waals surface area contributed by atoms with Crippen molar-refractivity contribution in [3.63, 3.8) is 0 Å². The van der Waals surface area contributed by atoms with E-state index in [0.717, 1.165) is 12.1 Å². The van der Waals surface area contributed by atoms with Gasteiger partial charge in [-0.15, -0.1) is 0 Å². The van der Waals surface area contributed by atoms with E-state index in [-0.39, 0.29) is 12.3 Å². The number of hydrogen-bond acceptors (Lipinski definition) is 3. The number of rotatable bonds is 6. The van der Waals surface area contributed by atoms with Crippen LogP contribution in [0.25, 0.3) is 0 Å². The molecule has 2 aromatic rings. The lowest BCUT2D eigenvalue weighted by Crippen LogP contribution is -2.36. The van der Waals surface area contributed by atoms with E-state index in [1.54, 1.807) is 30.3 Å². The fourth-order valence-electron chi connectivity index (χ4n) is 1.93. The van der Waals surface area contributed by atoms with Gasteiger partial charge in [-0.3, -0.25) is 4.79 Å². The third-order valence-electron chi connectivity index (χ3n) is 3.06. The van der Waals surface area contributed by atoms with Crippen LogP contribution in [0.2, 0.25) is 0 Å². The van der Waals surface area contributed by atoms with Crippen LogP contribution in [0.4, 0.5) is 8.78 Å². The van der Waals surface area contributed by atoms with Crippen molar-refractivity contribution in [2.75, 3.05) is 6.54 Å². The molecule has 0 aliphatic carbocycles. The zero-order valence-corrected chi connectivity index (χ0v) is 12.5. The molecule has 0 saturated carbocycles. The minimum Gasteiger partial charge on any atom is -0.476 e. The molecule has 1 amide bonds. The fraction of sp³-hybridized carbons (Fsp3) is 0.235. The summed E-state index contributed by atoms with van der Waals surface area (Å²) in [5.41, 5.74) is 0.556. The summed E-state index contributed by atoms with van der Waals surface area (Å²) in [5, 5.41) is 11.8. The molecule has 23 heavy (non-hydrogen) atoms. The molecular formula is C17H17F2NO3. The van der Waals surface area contributed by atoms with E-state index >= 15 is 0 Å². The molecule has 0 bridgehead atoms. The van der Waals surface area contributed by atoms with E-state index < -0.39 is 29.7 Å². The van der Waals surface area contributed by atoms with Crippen molar-refractivity contribution in [1.82, 2.24) is 5.32 Å². The average molecular weight is 321 g/mol. The first kappa shape index (κ1) is 16.9. The summed E-state index contributed by atoms with van der Waals surface area (Å²) in [7, 11) is 0. The van der Waals surface area contributed by atoms with Crippen molar-refractivity contribution in [1.29, 1.82) is 0 Å². The summed E-state index contributed by atoms with van der Waals surface area (Å²) in [6.07, 6.45) is -1.75. The molecule has 2 unspecified atom stereocenters. The SMILES string of the molecule is CC(O)CNC(=O)C(Oc1ccc(F)c(F)c1)c1ccccc1. The number of halogens is 2. The maximum Gasteiger partial charge on any atom is 0.265 e. The summed E-state index contributed by atoms with van der Waals surface area (Å²) < 4.78 is 31.8. The second kappa shape index (κ2) is 7.69. The summed E-state index contributed by atoms with van der Waals surface area (Å²) in [6.45, 7) is 1.59. The topological polar surface area (TPSA) is 58.6 Å². The van der Waals surface area contributed by atoms with Crippen LogP contribution in [0, 0.1) is 11.6 Å². The summed E-state index contributed by atoms with van der Waals surface area (Å²) in [6, 6.07) is 11.7. The quantitative estimate of drug-likeness (QED) is 0.860. The second-order valence-corrected chi connectivity index (χ2v) is 5.08. The lowest BCUT2D eigenvalue weighted by Gasteiger charge is -2.19. The Bertz CT molecular complexity index is 662. The van der Waals surface area contributed by atoms with Crippen molar-refractivity contribution in [2.24, 2.45) is 0 Å². The predicted octanol–water partition coefficient (Wildman–Crippen LogP) is 2.58. The molecular weight excluding hydrogens is 304 g/mol. The Morgan fingerprint density at radius 2 is 1.87 bits per heavy atom. The van der Waals surface area contributed by atoms with E-state index in [2.05, 4.69) is 5.32 Å². The van der Waals surface area contributed by atoms with Crippen molar-refractivity contribution in [3.05, 3.63) is 65.7 Å². The molecule has 0 saturated heterocycles. The standard InChI is InChI=1S/C17H17F2NO3/c1-11(21)10-20-17(22)16(12-5-3-2-4-6-12)23-13-7-8-14(18)15(19)9-13/h2-9,11,16,21H,10H2,1H3,(H,20,22). The Labute approximate surface area is 132 Å². The smallest absolute Gasteiger partial charge is 0.265 e. The Hall–Kier alpha value is -2.47. The van der Waals surface area contributed by atoms with Gasteiger partial charge in [0.05, 0.1) is 6.10 Å². The Kier molecular flexibility index (Phi) is 5.65. The van der Waals surface area contributed by atoms with Gasteiger partial charge in [-0.2, -0.15) is 0 Å². The molecule has 0 aliphatic heterocycles. The number of aliphatic hydroxyl groups excluding tert-OH is 1. The van der Waals surface area contributed by atoms with Crippen LogP contribution in [0.15, 0.2) is 48.5 Å². The first-order valence-electron chi connectivity index (χ1n) is 7.10. The predicted molar refractivity (Wildman–Crippen MR) is 80.9 cm³/mol. The third-order valence-corrected chi connectivity index (χ3v) is 3.06. The number of carbonyl (C=O) groups is 1.